The van der Waals surface area contributed by atoms with Crippen LogP contribution in [-0.4, -0.2) is 12.0 Å². The van der Waals surface area contributed by atoms with E-state index in [-0.39, 0.29) is 0 Å². The van der Waals surface area contributed by atoms with E-state index in [0.29, 0.717) is 17.4 Å². The number of aryl methyl sites for hydroxylation is 1. The number of hydrogen-bond acceptors (Lipinski definition) is 3. The van der Waals surface area contributed by atoms with Gasteiger partial charge in [0.25, 0.3) is 0 Å². The minimum atomic E-state index is 0.558. The maximum atomic E-state index is 6.08. The zero-order valence-corrected chi connectivity index (χ0v) is 12.6. The standard InChI is InChI=1S/C16H19ClN2O/c1-3-4-12-5-7-13(8-6-12)20-16-10-9-14(17)15(19-16)11-18-2/h5-10,18H,3-4,11H2,1-2H3. The lowest BCUT2D eigenvalue weighted by Crippen LogP contribution is -2.07. The molecule has 4 heteroatoms. The number of ether oxygens (including phenoxy) is 1. The van der Waals surface area contributed by atoms with Gasteiger partial charge >= 0.3 is 0 Å². The van der Waals surface area contributed by atoms with E-state index >= 15 is 0 Å². The molecule has 0 saturated heterocycles. The Bertz CT molecular complexity index is 555. The van der Waals surface area contributed by atoms with Crippen molar-refractivity contribution in [2.24, 2.45) is 0 Å². The molecule has 3 nitrogen and oxygen atoms in total. The topological polar surface area (TPSA) is 34.1 Å². The summed E-state index contributed by atoms with van der Waals surface area (Å²) < 4.78 is 5.76. The Morgan fingerprint density at radius 3 is 2.55 bits per heavy atom. The predicted octanol–water partition coefficient (Wildman–Crippen LogP) is 4.20. The molecule has 0 amide bonds. The van der Waals surface area contributed by atoms with Crippen molar-refractivity contribution >= 4 is 11.6 Å². The Morgan fingerprint density at radius 2 is 1.90 bits per heavy atom. The summed E-state index contributed by atoms with van der Waals surface area (Å²) in [5.41, 5.74) is 2.11. The second-order valence-corrected chi connectivity index (χ2v) is 5.01. The van der Waals surface area contributed by atoms with Crippen LogP contribution in [0.5, 0.6) is 11.6 Å². The molecule has 0 fully saturated rings. The van der Waals surface area contributed by atoms with Gasteiger partial charge < -0.3 is 10.1 Å². The fourth-order valence-electron chi connectivity index (χ4n) is 1.95. The van der Waals surface area contributed by atoms with Crippen LogP contribution >= 0.6 is 11.6 Å². The maximum Gasteiger partial charge on any atom is 0.219 e. The molecule has 0 aliphatic heterocycles. The van der Waals surface area contributed by atoms with Gasteiger partial charge in [-0.2, -0.15) is 0 Å². The van der Waals surface area contributed by atoms with Crippen molar-refractivity contribution in [1.29, 1.82) is 0 Å². The normalized spacial score (nSPS) is 10.6. The first-order valence-electron chi connectivity index (χ1n) is 6.79. The number of aromatic nitrogens is 1. The summed E-state index contributed by atoms with van der Waals surface area (Å²) in [5.74, 6) is 1.35. The Labute approximate surface area is 124 Å². The van der Waals surface area contributed by atoms with Gasteiger partial charge in [-0.05, 0) is 37.2 Å². The van der Waals surface area contributed by atoms with Crippen LogP contribution in [0.25, 0.3) is 0 Å². The average molecular weight is 291 g/mol. The Hall–Kier alpha value is -1.58. The second-order valence-electron chi connectivity index (χ2n) is 4.60. The minimum Gasteiger partial charge on any atom is -0.439 e. The van der Waals surface area contributed by atoms with Gasteiger partial charge in [-0.25, -0.2) is 4.98 Å². The van der Waals surface area contributed by atoms with Crippen molar-refractivity contribution in [3.8, 4) is 11.6 Å². The SMILES string of the molecule is CCCc1ccc(Oc2ccc(Cl)c(CNC)n2)cc1. The van der Waals surface area contributed by atoms with Gasteiger partial charge in [0.2, 0.25) is 5.88 Å². The van der Waals surface area contributed by atoms with Crippen LogP contribution in [-0.2, 0) is 13.0 Å². The monoisotopic (exact) mass is 290 g/mol. The molecule has 0 atom stereocenters. The van der Waals surface area contributed by atoms with E-state index in [2.05, 4.69) is 29.4 Å². The summed E-state index contributed by atoms with van der Waals surface area (Å²) in [5, 5.41) is 3.68. The molecule has 0 aliphatic rings. The number of nitrogens with one attached hydrogen (secondary N) is 1. The molecule has 1 heterocycles. The van der Waals surface area contributed by atoms with Crippen molar-refractivity contribution < 1.29 is 4.74 Å². The van der Waals surface area contributed by atoms with Gasteiger partial charge in [0.1, 0.15) is 5.75 Å². The lowest BCUT2D eigenvalue weighted by molar-refractivity contribution is 0.460. The van der Waals surface area contributed by atoms with Crippen LogP contribution in [0.15, 0.2) is 36.4 Å². The van der Waals surface area contributed by atoms with Crippen LogP contribution in [0.4, 0.5) is 0 Å². The number of halogens is 1. The number of hydrogen-bond donors (Lipinski definition) is 1. The third kappa shape index (κ3) is 3.95. The van der Waals surface area contributed by atoms with Crippen molar-refractivity contribution in [1.82, 2.24) is 10.3 Å². The maximum absolute atomic E-state index is 6.08. The van der Waals surface area contributed by atoms with Crippen molar-refractivity contribution in [2.75, 3.05) is 7.05 Å². The third-order valence-electron chi connectivity index (χ3n) is 2.92. The fourth-order valence-corrected chi connectivity index (χ4v) is 2.12. The lowest BCUT2D eigenvalue weighted by Gasteiger charge is -2.08. The van der Waals surface area contributed by atoms with E-state index in [1.54, 1.807) is 6.07 Å². The predicted molar refractivity (Wildman–Crippen MR) is 82.5 cm³/mol. The first-order valence-corrected chi connectivity index (χ1v) is 7.17. The molecule has 0 bridgehead atoms. The highest BCUT2D eigenvalue weighted by Gasteiger charge is 2.05. The van der Waals surface area contributed by atoms with Crippen molar-refractivity contribution in [3.05, 3.63) is 52.7 Å². The van der Waals surface area contributed by atoms with Crippen molar-refractivity contribution in [2.45, 2.75) is 26.3 Å². The molecule has 0 radical (unpaired) electrons. The molecule has 106 valence electrons. The first kappa shape index (κ1) is 14.8. The van der Waals surface area contributed by atoms with Gasteiger partial charge in [-0.15, -0.1) is 0 Å². The van der Waals surface area contributed by atoms with Crippen LogP contribution in [0.3, 0.4) is 0 Å². The number of nitrogens with zero attached hydrogens (tertiary/aromatic N) is 1. The van der Waals surface area contributed by atoms with Gasteiger partial charge in [-0.1, -0.05) is 37.1 Å². The Balaban J connectivity index is 2.11. The molecule has 20 heavy (non-hydrogen) atoms. The van der Waals surface area contributed by atoms with Crippen LogP contribution < -0.4 is 10.1 Å². The Kier molecular flexibility index (Phi) is 5.39. The second kappa shape index (κ2) is 7.27. The average Bonchev–Trinajstić information content (AvgIpc) is 2.45. The third-order valence-corrected chi connectivity index (χ3v) is 3.27. The molecular formula is C16H19ClN2O. The summed E-state index contributed by atoms with van der Waals surface area (Å²) in [6, 6.07) is 11.7. The lowest BCUT2D eigenvalue weighted by atomic mass is 10.1. The van der Waals surface area contributed by atoms with Gasteiger partial charge in [0.15, 0.2) is 0 Å². The van der Waals surface area contributed by atoms with Crippen LogP contribution in [0, 0.1) is 0 Å². The minimum absolute atomic E-state index is 0.558. The van der Waals surface area contributed by atoms with E-state index in [4.69, 9.17) is 16.3 Å². The molecule has 0 saturated carbocycles. The summed E-state index contributed by atoms with van der Waals surface area (Å²) >= 11 is 6.08. The molecule has 1 aromatic heterocycles. The number of pyridine rings is 1. The summed E-state index contributed by atoms with van der Waals surface area (Å²) in [7, 11) is 1.86. The van der Waals surface area contributed by atoms with Crippen molar-refractivity contribution in [3.63, 3.8) is 0 Å². The molecule has 1 aromatic carbocycles. The summed E-state index contributed by atoms with van der Waals surface area (Å²) in [6.45, 7) is 2.79. The van der Waals surface area contributed by atoms with Crippen LogP contribution in [0.1, 0.15) is 24.6 Å². The Morgan fingerprint density at radius 1 is 1.15 bits per heavy atom. The summed E-state index contributed by atoms with van der Waals surface area (Å²) in [6.07, 6.45) is 2.23. The molecular weight excluding hydrogens is 272 g/mol. The number of rotatable bonds is 6. The van der Waals surface area contributed by atoms with Gasteiger partial charge in [-0.3, -0.25) is 0 Å². The molecule has 2 aromatic rings. The summed E-state index contributed by atoms with van der Waals surface area (Å²) in [4.78, 5) is 4.40. The first-order chi connectivity index (χ1) is 9.72. The quantitative estimate of drug-likeness (QED) is 0.866. The molecule has 0 spiro atoms. The van der Waals surface area contributed by atoms with E-state index < -0.39 is 0 Å². The largest absolute Gasteiger partial charge is 0.439 e. The highest BCUT2D eigenvalue weighted by Crippen LogP contribution is 2.23. The fraction of sp³-hybridized carbons (Fsp3) is 0.312. The van der Waals surface area contributed by atoms with E-state index in [1.165, 1.54) is 5.56 Å². The van der Waals surface area contributed by atoms with Gasteiger partial charge in [0.05, 0.1) is 10.7 Å². The zero-order chi connectivity index (χ0) is 14.4. The highest BCUT2D eigenvalue weighted by molar-refractivity contribution is 6.31. The van der Waals surface area contributed by atoms with E-state index in [9.17, 15) is 0 Å². The smallest absolute Gasteiger partial charge is 0.219 e. The number of benzene rings is 1. The van der Waals surface area contributed by atoms with Gasteiger partial charge in [0, 0.05) is 12.6 Å². The highest BCUT2D eigenvalue weighted by atomic mass is 35.5. The zero-order valence-electron chi connectivity index (χ0n) is 11.8. The molecule has 1 N–H and O–H groups in total. The van der Waals surface area contributed by atoms with E-state index in [0.717, 1.165) is 24.3 Å². The van der Waals surface area contributed by atoms with Crippen LogP contribution in [0.2, 0.25) is 5.02 Å². The molecule has 0 unspecified atom stereocenters. The van der Waals surface area contributed by atoms with E-state index in [1.807, 2.05) is 25.2 Å². The molecule has 0 aliphatic carbocycles. The molecule has 2 rings (SSSR count).